The minimum absolute atomic E-state index is 0.0150. The molecule has 0 aliphatic rings. The van der Waals surface area contributed by atoms with Crippen molar-refractivity contribution in [3.8, 4) is 5.75 Å². The maximum Gasteiger partial charge on any atom is 0.256 e. The number of hydrogen-bond acceptors (Lipinski definition) is 7. The average Bonchev–Trinajstić information content (AvgIpc) is 2.90. The topological polar surface area (TPSA) is 136 Å². The molecule has 9 nitrogen and oxygen atoms in total. The number of carbonyl (C=O) groups excluding carboxylic acids is 2. The summed E-state index contributed by atoms with van der Waals surface area (Å²) >= 11 is 0. The summed E-state index contributed by atoms with van der Waals surface area (Å²) in [5.41, 5.74) is 0.164. The Hall–Kier alpha value is -3.18. The highest BCUT2D eigenvalue weighted by Crippen LogP contribution is 2.24. The number of anilines is 1. The second-order valence-electron chi connectivity index (χ2n) is 9.25. The predicted octanol–water partition coefficient (Wildman–Crippen LogP) is 5.01. The highest BCUT2D eigenvalue weighted by molar-refractivity contribution is 7.90. The number of carbonyl (C=O) groups is 2. The van der Waals surface area contributed by atoms with Crippen molar-refractivity contribution < 1.29 is 31.2 Å². The summed E-state index contributed by atoms with van der Waals surface area (Å²) in [5.74, 6) is -0.693. The van der Waals surface area contributed by atoms with Gasteiger partial charge in [0.2, 0.25) is 10.3 Å². The van der Waals surface area contributed by atoms with Crippen LogP contribution in [0, 0.1) is 0 Å². The van der Waals surface area contributed by atoms with Gasteiger partial charge in [-0.25, -0.2) is 8.42 Å². The van der Waals surface area contributed by atoms with Gasteiger partial charge in [-0.1, -0.05) is 58.8 Å². The molecule has 0 radical (unpaired) electrons. The first-order valence-corrected chi connectivity index (χ1v) is 16.2. The molecule has 0 heterocycles. The van der Waals surface area contributed by atoms with Crippen LogP contribution in [0.3, 0.4) is 0 Å². The van der Waals surface area contributed by atoms with Crippen molar-refractivity contribution in [1.82, 2.24) is 5.32 Å². The normalized spacial score (nSPS) is 11.1. The smallest absolute Gasteiger partial charge is 0.256 e. The summed E-state index contributed by atoms with van der Waals surface area (Å²) in [4.78, 5) is 25.1. The van der Waals surface area contributed by atoms with Gasteiger partial charge in [-0.05, 0) is 48.9 Å². The van der Waals surface area contributed by atoms with Gasteiger partial charge >= 0.3 is 0 Å². The summed E-state index contributed by atoms with van der Waals surface area (Å²) in [5, 5.41) is 4.84. The molecule has 2 N–H and O–H groups in total. The Balaban J connectivity index is 2.03. The minimum atomic E-state index is -3.75. The molecular formula is C28H38N2O7S2. The molecule has 2 aromatic rings. The van der Waals surface area contributed by atoms with Crippen molar-refractivity contribution in [3.63, 3.8) is 0 Å². The van der Waals surface area contributed by atoms with Crippen LogP contribution in [0.25, 0.3) is 0 Å². The number of unbranched alkanes of at least 4 members (excludes halogenated alkanes) is 7. The zero-order valence-corrected chi connectivity index (χ0v) is 24.4. The Morgan fingerprint density at radius 1 is 0.821 bits per heavy atom. The fourth-order valence-corrected chi connectivity index (χ4v) is 5.10. The quantitative estimate of drug-likeness (QED) is 0.224. The van der Waals surface area contributed by atoms with Gasteiger partial charge in [0.1, 0.15) is 10.7 Å². The third-order valence-electron chi connectivity index (χ3n) is 6.05. The van der Waals surface area contributed by atoms with Crippen molar-refractivity contribution in [1.29, 1.82) is 0 Å². The summed E-state index contributed by atoms with van der Waals surface area (Å²) in [6.07, 6.45) is 10.7. The van der Waals surface area contributed by atoms with E-state index in [0.717, 1.165) is 19.1 Å². The molecule has 0 atom stereocenters. The second-order valence-corrected chi connectivity index (χ2v) is 12.2. The van der Waals surface area contributed by atoms with Crippen LogP contribution in [0.4, 0.5) is 5.69 Å². The van der Waals surface area contributed by atoms with Gasteiger partial charge in [-0.15, -0.1) is 0 Å². The van der Waals surface area contributed by atoms with Gasteiger partial charge in [0, 0.05) is 23.8 Å². The number of benzene rings is 2. The number of hydrogen-bond donors (Lipinski definition) is 2. The molecule has 2 rings (SSSR count). The van der Waals surface area contributed by atoms with Crippen LogP contribution >= 0.6 is 0 Å². The molecular weight excluding hydrogens is 540 g/mol. The predicted molar refractivity (Wildman–Crippen MR) is 154 cm³/mol. The van der Waals surface area contributed by atoms with Gasteiger partial charge in [-0.3, -0.25) is 9.59 Å². The van der Waals surface area contributed by atoms with E-state index < -0.39 is 31.9 Å². The van der Waals surface area contributed by atoms with E-state index in [9.17, 15) is 26.4 Å². The van der Waals surface area contributed by atoms with Gasteiger partial charge < -0.3 is 15.4 Å². The third-order valence-corrected chi connectivity index (χ3v) is 8.00. The van der Waals surface area contributed by atoms with Crippen molar-refractivity contribution in [2.24, 2.45) is 0 Å². The number of ether oxygens (including phenoxy) is 1. The van der Waals surface area contributed by atoms with Gasteiger partial charge in [0.25, 0.3) is 11.8 Å². The van der Waals surface area contributed by atoms with Crippen LogP contribution in [-0.2, 0) is 20.1 Å². The van der Waals surface area contributed by atoms with Crippen LogP contribution in [0.5, 0.6) is 5.75 Å². The SMILES string of the molecule is CCCCCCCCCCOc1ccc(C(=O)Nc2cc(C(=O)NC(CC)=S(=O)=O)ccc2S(C)(=O)=O)cc1. The fourth-order valence-electron chi connectivity index (χ4n) is 3.86. The van der Waals surface area contributed by atoms with Crippen LogP contribution in [0.15, 0.2) is 47.4 Å². The second kappa shape index (κ2) is 16.0. The summed E-state index contributed by atoms with van der Waals surface area (Å²) < 4.78 is 52.8. The summed E-state index contributed by atoms with van der Waals surface area (Å²) in [6.45, 7) is 4.36. The summed E-state index contributed by atoms with van der Waals surface area (Å²) in [6, 6.07) is 10.1. The molecule has 0 bridgehead atoms. The number of rotatable bonds is 15. The number of amides is 2. The molecule has 2 amide bonds. The maximum absolute atomic E-state index is 12.9. The van der Waals surface area contributed by atoms with Crippen LogP contribution in [0.1, 0.15) is 92.4 Å². The Bertz CT molecular complexity index is 1360. The molecule has 2 aromatic carbocycles. The van der Waals surface area contributed by atoms with Gasteiger partial charge in [-0.2, -0.15) is 8.42 Å². The molecule has 11 heteroatoms. The highest BCUT2D eigenvalue weighted by Gasteiger charge is 2.19. The molecule has 0 fully saturated rings. The molecule has 0 saturated heterocycles. The lowest BCUT2D eigenvalue weighted by Crippen LogP contribution is -2.30. The van der Waals surface area contributed by atoms with E-state index in [-0.39, 0.29) is 33.1 Å². The van der Waals surface area contributed by atoms with E-state index in [1.165, 1.54) is 56.7 Å². The van der Waals surface area contributed by atoms with E-state index in [0.29, 0.717) is 12.4 Å². The lowest BCUT2D eigenvalue weighted by atomic mass is 10.1. The van der Waals surface area contributed by atoms with Crippen molar-refractivity contribution in [2.75, 3.05) is 18.2 Å². The minimum Gasteiger partial charge on any atom is -0.494 e. The Labute approximate surface area is 232 Å². The molecule has 39 heavy (non-hydrogen) atoms. The van der Waals surface area contributed by atoms with Crippen LogP contribution in [-0.4, -0.2) is 46.5 Å². The summed E-state index contributed by atoms with van der Waals surface area (Å²) in [7, 11) is -6.35. The number of nitrogens with one attached hydrogen (secondary N) is 2. The Morgan fingerprint density at radius 2 is 1.41 bits per heavy atom. The Kier molecular flexibility index (Phi) is 13.2. The van der Waals surface area contributed by atoms with Crippen LogP contribution < -0.4 is 15.4 Å². The molecule has 0 unspecified atom stereocenters. The van der Waals surface area contributed by atoms with Crippen molar-refractivity contribution in [3.05, 3.63) is 53.6 Å². The van der Waals surface area contributed by atoms with E-state index in [2.05, 4.69) is 17.6 Å². The first kappa shape index (κ1) is 32.0. The van der Waals surface area contributed by atoms with Gasteiger partial charge in [0.05, 0.1) is 17.2 Å². The van der Waals surface area contributed by atoms with E-state index in [4.69, 9.17) is 4.74 Å². The van der Waals surface area contributed by atoms with Crippen molar-refractivity contribution in [2.45, 2.75) is 76.5 Å². The van der Waals surface area contributed by atoms with Crippen LogP contribution in [0.2, 0.25) is 0 Å². The van der Waals surface area contributed by atoms with E-state index >= 15 is 0 Å². The average molecular weight is 579 g/mol. The zero-order valence-electron chi connectivity index (χ0n) is 22.8. The lowest BCUT2D eigenvalue weighted by Gasteiger charge is -2.13. The maximum atomic E-state index is 12.9. The molecule has 0 aliphatic heterocycles. The number of sulfone groups is 1. The largest absolute Gasteiger partial charge is 0.494 e. The molecule has 0 aromatic heterocycles. The highest BCUT2D eigenvalue weighted by atomic mass is 32.2. The zero-order chi connectivity index (χ0) is 28.8. The Morgan fingerprint density at radius 3 is 1.97 bits per heavy atom. The molecule has 0 spiro atoms. The standard InChI is InChI=1S/C28H38N2O7S2/c1-4-6-7-8-9-10-11-12-19-37-23-16-13-21(14-17-23)27(31)29-24-20-22(15-18-25(24)39(3,35)36)28(32)30-26(5-2)38(33)34/h13-18,20H,4-12,19H2,1-3H3,(H,29,31)(H,30,32). The fraction of sp³-hybridized carbons (Fsp3) is 0.464. The molecule has 214 valence electrons. The van der Waals surface area contributed by atoms with E-state index in [1.807, 2.05) is 0 Å². The first-order chi connectivity index (χ1) is 18.6. The third kappa shape index (κ3) is 10.8. The van der Waals surface area contributed by atoms with Crippen molar-refractivity contribution >= 4 is 42.6 Å². The first-order valence-electron chi connectivity index (χ1n) is 13.2. The lowest BCUT2D eigenvalue weighted by molar-refractivity contribution is 0.0974. The van der Waals surface area contributed by atoms with Gasteiger partial charge in [0.15, 0.2) is 9.84 Å². The molecule has 0 saturated carbocycles. The monoisotopic (exact) mass is 578 g/mol. The molecule has 0 aliphatic carbocycles. The van der Waals surface area contributed by atoms with E-state index in [1.54, 1.807) is 31.2 Å².